The highest BCUT2D eigenvalue weighted by atomic mass is 19.4. The number of benzene rings is 1. The standard InChI is InChI=1S/C18H19F3N4O/c1-10(12-3-5-13(6-4-12)18(19,20)21)14-7-15(23-9-22-14)16-8-17(26)25-11(2)24-16/h3-7,9-11,16,24H,8H2,1-2H3,(H,25,26). The van der Waals surface area contributed by atoms with E-state index in [1.54, 1.807) is 6.07 Å². The molecule has 1 aliphatic heterocycles. The van der Waals surface area contributed by atoms with Crippen molar-refractivity contribution in [2.24, 2.45) is 0 Å². The second kappa shape index (κ2) is 7.03. The molecule has 2 aromatic rings. The van der Waals surface area contributed by atoms with E-state index in [9.17, 15) is 18.0 Å². The van der Waals surface area contributed by atoms with Crippen LogP contribution >= 0.6 is 0 Å². The number of hydrogen-bond donors (Lipinski definition) is 2. The van der Waals surface area contributed by atoms with E-state index in [1.165, 1.54) is 18.5 Å². The highest BCUT2D eigenvalue weighted by Crippen LogP contribution is 2.31. The van der Waals surface area contributed by atoms with Crippen LogP contribution in [0, 0.1) is 0 Å². The van der Waals surface area contributed by atoms with Crippen LogP contribution < -0.4 is 10.6 Å². The summed E-state index contributed by atoms with van der Waals surface area (Å²) >= 11 is 0. The summed E-state index contributed by atoms with van der Waals surface area (Å²) in [6.07, 6.45) is -2.82. The van der Waals surface area contributed by atoms with Crippen molar-refractivity contribution < 1.29 is 18.0 Å². The third-order valence-electron chi connectivity index (χ3n) is 4.47. The molecule has 3 unspecified atom stereocenters. The summed E-state index contributed by atoms with van der Waals surface area (Å²) in [6.45, 7) is 3.72. The molecule has 5 nitrogen and oxygen atoms in total. The van der Waals surface area contributed by atoms with Crippen molar-refractivity contribution >= 4 is 5.91 Å². The summed E-state index contributed by atoms with van der Waals surface area (Å²) in [5, 5.41) is 6.02. The molecule has 0 bridgehead atoms. The van der Waals surface area contributed by atoms with Gasteiger partial charge in [-0.1, -0.05) is 19.1 Å². The van der Waals surface area contributed by atoms with E-state index in [4.69, 9.17) is 0 Å². The number of carbonyl (C=O) groups excluding carboxylic acids is 1. The Morgan fingerprint density at radius 2 is 1.88 bits per heavy atom. The zero-order chi connectivity index (χ0) is 18.9. The summed E-state index contributed by atoms with van der Waals surface area (Å²) in [4.78, 5) is 20.2. The van der Waals surface area contributed by atoms with Crippen LogP contribution in [0.1, 0.15) is 54.7 Å². The maximum absolute atomic E-state index is 12.7. The number of nitrogens with zero attached hydrogens (tertiary/aromatic N) is 2. The highest BCUT2D eigenvalue weighted by molar-refractivity contribution is 5.77. The van der Waals surface area contributed by atoms with Crippen LogP contribution in [0.2, 0.25) is 0 Å². The number of hydrogen-bond acceptors (Lipinski definition) is 4. The Balaban J connectivity index is 1.82. The van der Waals surface area contributed by atoms with Crippen molar-refractivity contribution in [1.29, 1.82) is 0 Å². The van der Waals surface area contributed by atoms with Gasteiger partial charge in [-0.2, -0.15) is 13.2 Å². The molecule has 26 heavy (non-hydrogen) atoms. The van der Waals surface area contributed by atoms with Crippen molar-refractivity contribution in [3.63, 3.8) is 0 Å². The molecule has 3 rings (SSSR count). The van der Waals surface area contributed by atoms with Gasteiger partial charge in [0, 0.05) is 12.3 Å². The van der Waals surface area contributed by atoms with E-state index < -0.39 is 11.7 Å². The van der Waals surface area contributed by atoms with Crippen LogP contribution in [0.15, 0.2) is 36.7 Å². The molecule has 1 saturated heterocycles. The van der Waals surface area contributed by atoms with E-state index in [-0.39, 0.29) is 30.5 Å². The predicted octanol–water partition coefficient (Wildman–Crippen LogP) is 3.14. The quantitative estimate of drug-likeness (QED) is 0.878. The van der Waals surface area contributed by atoms with E-state index in [2.05, 4.69) is 20.6 Å². The molecule has 8 heteroatoms. The molecular formula is C18H19F3N4O. The van der Waals surface area contributed by atoms with E-state index in [0.717, 1.165) is 17.7 Å². The minimum atomic E-state index is -4.35. The van der Waals surface area contributed by atoms with Gasteiger partial charge in [-0.05, 0) is 30.7 Å². The zero-order valence-electron chi connectivity index (χ0n) is 14.3. The topological polar surface area (TPSA) is 66.9 Å². The maximum Gasteiger partial charge on any atom is 0.416 e. The van der Waals surface area contributed by atoms with Gasteiger partial charge < -0.3 is 5.32 Å². The average Bonchev–Trinajstić information content (AvgIpc) is 2.60. The van der Waals surface area contributed by atoms with E-state index in [1.807, 2.05) is 13.8 Å². The number of aromatic nitrogens is 2. The molecule has 2 N–H and O–H groups in total. The third-order valence-corrected chi connectivity index (χ3v) is 4.47. The molecule has 0 saturated carbocycles. The predicted molar refractivity (Wildman–Crippen MR) is 89.1 cm³/mol. The summed E-state index contributed by atoms with van der Waals surface area (Å²) in [6, 6.07) is 6.64. The molecule has 1 aromatic heterocycles. The Labute approximate surface area is 149 Å². The lowest BCUT2D eigenvalue weighted by atomic mass is 9.95. The minimum absolute atomic E-state index is 0.0581. The SMILES string of the molecule is CC1NC(=O)CC(c2cc(C(C)c3ccc(C(F)(F)F)cc3)ncn2)N1. The molecule has 2 heterocycles. The first kappa shape index (κ1) is 18.3. The molecule has 0 aliphatic carbocycles. The van der Waals surface area contributed by atoms with Gasteiger partial charge in [-0.3, -0.25) is 10.1 Å². The van der Waals surface area contributed by atoms with Crippen LogP contribution in [-0.2, 0) is 11.0 Å². The molecule has 3 atom stereocenters. The lowest BCUT2D eigenvalue weighted by Gasteiger charge is -2.29. The second-order valence-corrected chi connectivity index (χ2v) is 6.42. The molecule has 1 aromatic carbocycles. The highest BCUT2D eigenvalue weighted by Gasteiger charge is 2.30. The molecular weight excluding hydrogens is 345 g/mol. The Bertz CT molecular complexity index is 792. The number of rotatable bonds is 3. The van der Waals surface area contributed by atoms with Crippen LogP contribution in [0.25, 0.3) is 0 Å². The number of amides is 1. The summed E-state index contributed by atoms with van der Waals surface area (Å²) in [7, 11) is 0. The molecule has 1 fully saturated rings. The van der Waals surface area contributed by atoms with Gasteiger partial charge in [-0.15, -0.1) is 0 Å². The van der Waals surface area contributed by atoms with Gasteiger partial charge in [0.1, 0.15) is 6.33 Å². The van der Waals surface area contributed by atoms with Crippen LogP contribution in [0.5, 0.6) is 0 Å². The van der Waals surface area contributed by atoms with Crippen LogP contribution in [-0.4, -0.2) is 22.0 Å². The largest absolute Gasteiger partial charge is 0.416 e. The fourth-order valence-corrected chi connectivity index (χ4v) is 3.03. The number of halogens is 3. The van der Waals surface area contributed by atoms with Gasteiger partial charge in [0.15, 0.2) is 0 Å². The van der Waals surface area contributed by atoms with Crippen LogP contribution in [0.4, 0.5) is 13.2 Å². The maximum atomic E-state index is 12.7. The summed E-state index contributed by atoms with van der Waals surface area (Å²) in [5.74, 6) is -0.258. The Morgan fingerprint density at radius 3 is 2.50 bits per heavy atom. The zero-order valence-corrected chi connectivity index (χ0v) is 14.3. The third kappa shape index (κ3) is 4.01. The van der Waals surface area contributed by atoms with Gasteiger partial charge in [-0.25, -0.2) is 9.97 Å². The first-order chi connectivity index (χ1) is 12.2. The van der Waals surface area contributed by atoms with Gasteiger partial charge >= 0.3 is 6.18 Å². The molecule has 138 valence electrons. The Kier molecular flexibility index (Phi) is 4.95. The van der Waals surface area contributed by atoms with E-state index >= 15 is 0 Å². The van der Waals surface area contributed by atoms with Gasteiger partial charge in [0.05, 0.1) is 29.2 Å². The molecule has 0 radical (unpaired) electrons. The number of nitrogens with one attached hydrogen (secondary N) is 2. The Morgan fingerprint density at radius 1 is 1.19 bits per heavy atom. The fourth-order valence-electron chi connectivity index (χ4n) is 3.03. The summed E-state index contributed by atoms with van der Waals surface area (Å²) in [5.41, 5.74) is 1.43. The molecule has 1 amide bonds. The molecule has 1 aliphatic rings. The minimum Gasteiger partial charge on any atom is -0.341 e. The Hall–Kier alpha value is -2.48. The van der Waals surface area contributed by atoms with Crippen molar-refractivity contribution in [3.8, 4) is 0 Å². The lowest BCUT2D eigenvalue weighted by molar-refractivity contribution is -0.137. The number of carbonyl (C=O) groups is 1. The first-order valence-corrected chi connectivity index (χ1v) is 8.28. The van der Waals surface area contributed by atoms with Crippen LogP contribution in [0.3, 0.4) is 0 Å². The van der Waals surface area contributed by atoms with Crippen molar-refractivity contribution in [1.82, 2.24) is 20.6 Å². The van der Waals surface area contributed by atoms with Crippen molar-refractivity contribution in [2.75, 3.05) is 0 Å². The first-order valence-electron chi connectivity index (χ1n) is 8.28. The lowest BCUT2D eigenvalue weighted by Crippen LogP contribution is -2.51. The van der Waals surface area contributed by atoms with Gasteiger partial charge in [0.25, 0.3) is 0 Å². The monoisotopic (exact) mass is 364 g/mol. The normalized spacial score (nSPS) is 22.0. The molecule has 0 spiro atoms. The fraction of sp³-hybridized carbons (Fsp3) is 0.389. The van der Waals surface area contributed by atoms with Gasteiger partial charge in [0.2, 0.25) is 5.91 Å². The number of alkyl halides is 3. The van der Waals surface area contributed by atoms with E-state index in [0.29, 0.717) is 11.4 Å². The second-order valence-electron chi connectivity index (χ2n) is 6.42. The van der Waals surface area contributed by atoms with Crippen molar-refractivity contribution in [2.45, 2.75) is 44.6 Å². The smallest absolute Gasteiger partial charge is 0.341 e. The summed E-state index contributed by atoms with van der Waals surface area (Å²) < 4.78 is 38.1. The van der Waals surface area contributed by atoms with Crippen molar-refractivity contribution in [3.05, 3.63) is 59.2 Å². The average molecular weight is 364 g/mol.